The van der Waals surface area contributed by atoms with Crippen LogP contribution in [0.5, 0.6) is 0 Å². The van der Waals surface area contributed by atoms with Crippen molar-refractivity contribution >= 4 is 27.8 Å². The summed E-state index contributed by atoms with van der Waals surface area (Å²) in [5, 5.41) is 0. The summed E-state index contributed by atoms with van der Waals surface area (Å²) < 4.78 is 0.787. The summed E-state index contributed by atoms with van der Waals surface area (Å²) >= 11 is 3.34. The molecule has 0 saturated heterocycles. The fourth-order valence-corrected chi connectivity index (χ4v) is 1.84. The molecule has 0 saturated carbocycles. The molecule has 1 aliphatic heterocycles. The third kappa shape index (κ3) is 1.80. The lowest BCUT2D eigenvalue weighted by molar-refractivity contribution is 1.28. The number of hydrogen-bond acceptors (Lipinski definition) is 2. The van der Waals surface area contributed by atoms with E-state index in [0.29, 0.717) is 5.84 Å². The molecule has 0 aliphatic carbocycles. The summed E-state index contributed by atoms with van der Waals surface area (Å²) in [6.07, 6.45) is 2.71. The van der Waals surface area contributed by atoms with Gasteiger partial charge in [-0.2, -0.15) is 0 Å². The van der Waals surface area contributed by atoms with E-state index >= 15 is 0 Å². The molecular formula is C10H9BrN2. The fourth-order valence-electron chi connectivity index (χ4n) is 1.37. The van der Waals surface area contributed by atoms with Crippen molar-refractivity contribution in [3.63, 3.8) is 0 Å². The molecule has 1 aromatic rings. The molecule has 66 valence electrons. The largest absolute Gasteiger partial charge is 0.387 e. The summed E-state index contributed by atoms with van der Waals surface area (Å²) in [6.45, 7) is 0. The van der Waals surface area contributed by atoms with Crippen LogP contribution in [0.1, 0.15) is 11.1 Å². The van der Waals surface area contributed by atoms with Gasteiger partial charge in [-0.1, -0.05) is 24.3 Å². The Labute approximate surface area is 85.3 Å². The molecule has 0 atom stereocenters. The predicted molar refractivity (Wildman–Crippen MR) is 58.7 cm³/mol. The monoisotopic (exact) mass is 236 g/mol. The molecule has 0 amide bonds. The maximum Gasteiger partial charge on any atom is 0.108 e. The summed E-state index contributed by atoms with van der Waals surface area (Å²) in [7, 11) is 0. The highest BCUT2D eigenvalue weighted by atomic mass is 79.9. The first kappa shape index (κ1) is 8.51. The number of amidine groups is 1. The van der Waals surface area contributed by atoms with E-state index in [9.17, 15) is 0 Å². The Morgan fingerprint density at radius 3 is 2.92 bits per heavy atom. The van der Waals surface area contributed by atoms with Gasteiger partial charge in [-0.25, -0.2) is 4.99 Å². The molecule has 2 rings (SSSR count). The number of nitrogens with two attached hydrogens (primary N) is 1. The second-order valence-electron chi connectivity index (χ2n) is 2.95. The molecule has 0 fully saturated rings. The van der Waals surface area contributed by atoms with Crippen molar-refractivity contribution in [2.45, 2.75) is 6.42 Å². The van der Waals surface area contributed by atoms with Gasteiger partial charge in [-0.15, -0.1) is 0 Å². The molecule has 0 bridgehead atoms. The summed E-state index contributed by atoms with van der Waals surface area (Å²) in [5.74, 6) is 0.646. The van der Waals surface area contributed by atoms with Crippen LogP contribution >= 0.6 is 15.9 Å². The molecule has 0 spiro atoms. The van der Waals surface area contributed by atoms with Gasteiger partial charge in [0.15, 0.2) is 0 Å². The van der Waals surface area contributed by atoms with Gasteiger partial charge in [-0.05, 0) is 33.1 Å². The van der Waals surface area contributed by atoms with Crippen molar-refractivity contribution in [3.05, 3.63) is 40.0 Å². The molecule has 13 heavy (non-hydrogen) atoms. The lowest BCUT2D eigenvalue weighted by atomic mass is 10.1. The third-order valence-corrected chi connectivity index (χ3v) is 2.36. The lowest BCUT2D eigenvalue weighted by Gasteiger charge is -2.01. The first-order chi connectivity index (χ1) is 6.25. The van der Waals surface area contributed by atoms with Crippen LogP contribution in [0.25, 0.3) is 6.08 Å². The Bertz CT molecular complexity index is 394. The van der Waals surface area contributed by atoms with Crippen molar-refractivity contribution < 1.29 is 0 Å². The summed E-state index contributed by atoms with van der Waals surface area (Å²) in [4.78, 5) is 4.16. The quantitative estimate of drug-likeness (QED) is 0.690. The minimum Gasteiger partial charge on any atom is -0.387 e. The zero-order valence-corrected chi connectivity index (χ0v) is 8.58. The molecule has 2 nitrogen and oxygen atoms in total. The average molecular weight is 237 g/mol. The van der Waals surface area contributed by atoms with Gasteiger partial charge in [0.1, 0.15) is 10.4 Å². The van der Waals surface area contributed by atoms with Gasteiger partial charge in [-0.3, -0.25) is 0 Å². The number of rotatable bonds is 0. The van der Waals surface area contributed by atoms with Crippen LogP contribution in [0.4, 0.5) is 0 Å². The van der Waals surface area contributed by atoms with Gasteiger partial charge < -0.3 is 5.73 Å². The van der Waals surface area contributed by atoms with E-state index < -0.39 is 0 Å². The first-order valence-electron chi connectivity index (χ1n) is 4.04. The van der Waals surface area contributed by atoms with Crippen molar-refractivity contribution in [1.82, 2.24) is 0 Å². The number of halogens is 1. The SMILES string of the molecule is NC1=NC(Br)=Cc2ccccc2C1. The molecule has 3 heteroatoms. The topological polar surface area (TPSA) is 38.4 Å². The van der Waals surface area contributed by atoms with E-state index in [4.69, 9.17) is 5.73 Å². The zero-order valence-electron chi connectivity index (χ0n) is 7.00. The highest BCUT2D eigenvalue weighted by Crippen LogP contribution is 2.20. The highest BCUT2D eigenvalue weighted by Gasteiger charge is 2.06. The van der Waals surface area contributed by atoms with Crippen molar-refractivity contribution in [1.29, 1.82) is 0 Å². The van der Waals surface area contributed by atoms with Gasteiger partial charge in [0, 0.05) is 6.42 Å². The van der Waals surface area contributed by atoms with Crippen LogP contribution < -0.4 is 5.73 Å². The molecule has 1 aliphatic rings. The summed E-state index contributed by atoms with van der Waals surface area (Å²) in [5.41, 5.74) is 8.12. The average Bonchev–Trinajstić information content (AvgIpc) is 2.20. The predicted octanol–water partition coefficient (Wildman–Crippen LogP) is 2.29. The Morgan fingerprint density at radius 2 is 2.08 bits per heavy atom. The van der Waals surface area contributed by atoms with E-state index in [1.165, 1.54) is 11.1 Å². The van der Waals surface area contributed by atoms with Gasteiger partial charge in [0.05, 0.1) is 0 Å². The second kappa shape index (κ2) is 3.34. The van der Waals surface area contributed by atoms with Crippen LogP contribution in [0.2, 0.25) is 0 Å². The normalized spacial score (nSPS) is 15.5. The van der Waals surface area contributed by atoms with Crippen LogP contribution in [-0.4, -0.2) is 5.84 Å². The maximum absolute atomic E-state index is 5.72. The molecule has 2 N–H and O–H groups in total. The number of aliphatic imine (C=N–C) groups is 1. The Morgan fingerprint density at radius 1 is 1.31 bits per heavy atom. The number of benzene rings is 1. The van der Waals surface area contributed by atoms with Crippen molar-refractivity contribution in [3.8, 4) is 0 Å². The number of nitrogens with zero attached hydrogens (tertiary/aromatic N) is 1. The third-order valence-electron chi connectivity index (χ3n) is 1.95. The first-order valence-corrected chi connectivity index (χ1v) is 4.83. The van der Waals surface area contributed by atoms with Crippen molar-refractivity contribution in [2.24, 2.45) is 10.7 Å². The Kier molecular flexibility index (Phi) is 2.19. The molecule has 0 unspecified atom stereocenters. The lowest BCUT2D eigenvalue weighted by Crippen LogP contribution is -2.14. The van der Waals surface area contributed by atoms with Crippen molar-refractivity contribution in [2.75, 3.05) is 0 Å². The zero-order chi connectivity index (χ0) is 9.26. The smallest absolute Gasteiger partial charge is 0.108 e. The molecule has 0 radical (unpaired) electrons. The van der Waals surface area contributed by atoms with Gasteiger partial charge in [0.2, 0.25) is 0 Å². The molecule has 1 heterocycles. The molecular weight excluding hydrogens is 228 g/mol. The summed E-state index contributed by atoms with van der Waals surface area (Å²) in [6, 6.07) is 8.15. The van der Waals surface area contributed by atoms with E-state index in [1.807, 2.05) is 18.2 Å². The molecule has 0 aromatic heterocycles. The van der Waals surface area contributed by atoms with Crippen LogP contribution in [0, 0.1) is 0 Å². The van der Waals surface area contributed by atoms with E-state index in [2.05, 4.69) is 33.1 Å². The van der Waals surface area contributed by atoms with Gasteiger partial charge in [0.25, 0.3) is 0 Å². The minimum atomic E-state index is 0.646. The standard InChI is InChI=1S/C10H9BrN2/c11-9-5-7-3-1-2-4-8(7)6-10(12)13-9/h1-5H,6H2,(H2,12,13). The number of hydrogen-bond donors (Lipinski definition) is 1. The minimum absolute atomic E-state index is 0.646. The van der Waals surface area contributed by atoms with Crippen LogP contribution in [-0.2, 0) is 6.42 Å². The van der Waals surface area contributed by atoms with Gasteiger partial charge >= 0.3 is 0 Å². The Hall–Kier alpha value is -1.09. The van der Waals surface area contributed by atoms with E-state index in [-0.39, 0.29) is 0 Å². The maximum atomic E-state index is 5.72. The van der Waals surface area contributed by atoms with Crippen LogP contribution in [0.15, 0.2) is 33.9 Å². The molecule has 1 aromatic carbocycles. The second-order valence-corrected chi connectivity index (χ2v) is 3.76. The van der Waals surface area contributed by atoms with Crippen LogP contribution in [0.3, 0.4) is 0 Å². The van der Waals surface area contributed by atoms with E-state index in [0.717, 1.165) is 11.0 Å². The fraction of sp³-hybridized carbons (Fsp3) is 0.100. The Balaban J connectivity index is 2.55. The number of fused-ring (bicyclic) bond motifs is 1. The highest BCUT2D eigenvalue weighted by molar-refractivity contribution is 9.11. The van der Waals surface area contributed by atoms with E-state index in [1.54, 1.807) is 0 Å².